The molecule has 0 aliphatic heterocycles. The van der Waals surface area contributed by atoms with Crippen LogP contribution in [-0.4, -0.2) is 22.9 Å². The van der Waals surface area contributed by atoms with Gasteiger partial charge in [-0.3, -0.25) is 0 Å². The van der Waals surface area contributed by atoms with Crippen LogP contribution in [0.1, 0.15) is 0 Å². The van der Waals surface area contributed by atoms with Crippen LogP contribution in [-0.2, 0) is 0 Å². The van der Waals surface area contributed by atoms with Crippen LogP contribution in [0.2, 0.25) is 0 Å². The quantitative estimate of drug-likeness (QED) is 0.523. The fourth-order valence-electron chi connectivity index (χ4n) is 2.86. The molecular weight excluding hydrogens is 384 g/mol. The Morgan fingerprint density at radius 1 is 0.867 bits per heavy atom. The van der Waals surface area contributed by atoms with Crippen molar-refractivity contribution in [2.45, 2.75) is 0 Å². The highest BCUT2D eigenvalue weighted by Gasteiger charge is 2.10. The Morgan fingerprint density at radius 3 is 2.00 bits per heavy atom. The van der Waals surface area contributed by atoms with E-state index in [2.05, 4.69) is 15.7 Å². The van der Waals surface area contributed by atoms with Gasteiger partial charge in [-0.25, -0.2) is 9.59 Å². The molecule has 1 aromatic heterocycles. The first-order valence-electron chi connectivity index (χ1n) is 9.10. The average molecular weight is 402 g/mol. The van der Waals surface area contributed by atoms with Crippen LogP contribution in [0.4, 0.5) is 16.2 Å². The molecule has 2 amide bonds. The number of benzene rings is 3. The number of carbonyl (C=O) groups is 1. The number of anilines is 2. The highest BCUT2D eigenvalue weighted by molar-refractivity contribution is 5.99. The van der Waals surface area contributed by atoms with Crippen LogP contribution in [0.5, 0.6) is 6.08 Å². The van der Waals surface area contributed by atoms with Crippen molar-refractivity contribution in [1.29, 1.82) is 0 Å². The van der Waals surface area contributed by atoms with Gasteiger partial charge in [-0.1, -0.05) is 47.6 Å². The third kappa shape index (κ3) is 4.22. The summed E-state index contributed by atoms with van der Waals surface area (Å²) in [6.45, 7) is 0. The minimum Gasteiger partial charge on any atom is -0.452 e. The van der Waals surface area contributed by atoms with Crippen molar-refractivity contribution < 1.29 is 13.9 Å². The van der Waals surface area contributed by atoms with E-state index in [9.17, 15) is 9.59 Å². The lowest BCUT2D eigenvalue weighted by atomic mass is 10.1. The molecule has 0 atom stereocenters. The number of ether oxygens (including phenoxy) is 1. The van der Waals surface area contributed by atoms with Gasteiger partial charge in [0.25, 0.3) is 0 Å². The van der Waals surface area contributed by atoms with Crippen LogP contribution in [0.3, 0.4) is 0 Å². The minimum atomic E-state index is -0.663. The second kappa shape index (κ2) is 8.36. The molecule has 0 bridgehead atoms. The number of hydrogen-bond donors (Lipinski definition) is 2. The summed E-state index contributed by atoms with van der Waals surface area (Å²) in [5.74, 6) is -0.663. The zero-order chi connectivity index (χ0) is 20.9. The molecule has 0 unspecified atom stereocenters. The molecule has 8 nitrogen and oxygen atoms in total. The Labute approximate surface area is 171 Å². The van der Waals surface area contributed by atoms with Crippen molar-refractivity contribution in [3.05, 3.63) is 89.4 Å². The monoisotopic (exact) mass is 402 g/mol. The second-order valence-corrected chi connectivity index (χ2v) is 6.32. The van der Waals surface area contributed by atoms with Gasteiger partial charge in [-0.15, -0.1) is 0 Å². The fourth-order valence-corrected chi connectivity index (χ4v) is 2.86. The maximum Gasteiger partial charge on any atom is 0.444 e. The minimum absolute atomic E-state index is 0.125. The summed E-state index contributed by atoms with van der Waals surface area (Å²) < 4.78 is 10.7. The number of amides is 2. The van der Waals surface area contributed by atoms with E-state index in [1.165, 1.54) is 7.11 Å². The molecule has 1 heterocycles. The number of hydrogen-bond acceptors (Lipinski definition) is 5. The summed E-state index contributed by atoms with van der Waals surface area (Å²) in [5, 5.41) is 9.42. The van der Waals surface area contributed by atoms with Crippen LogP contribution in [0, 0.1) is 0 Å². The topological polar surface area (TPSA) is 98.4 Å². The number of methoxy groups -OCH3 is 1. The molecule has 0 radical (unpaired) electrons. The fraction of sp³-hybridized carbons (Fsp3) is 0.0455. The SMILES string of the molecule is COc1nn(-c2ccc(NC(=O)Nc3ccc(-c4ccccc4)cc3)cc2)c(=O)o1. The molecule has 0 saturated heterocycles. The van der Waals surface area contributed by atoms with E-state index < -0.39 is 5.76 Å². The van der Waals surface area contributed by atoms with Gasteiger partial charge in [0.15, 0.2) is 0 Å². The van der Waals surface area contributed by atoms with Crippen molar-refractivity contribution in [3.8, 4) is 22.9 Å². The number of aromatic nitrogens is 2. The summed E-state index contributed by atoms with van der Waals surface area (Å²) in [6, 6.07) is 23.8. The predicted octanol–water partition coefficient (Wildman–Crippen LogP) is 4.15. The Bertz CT molecular complexity index is 1200. The molecular formula is C22H18N4O4. The number of urea groups is 1. The molecule has 30 heavy (non-hydrogen) atoms. The van der Waals surface area contributed by atoms with Crippen LogP contribution in [0.15, 0.2) is 88.1 Å². The molecule has 0 fully saturated rings. The van der Waals surface area contributed by atoms with Crippen LogP contribution < -0.4 is 21.1 Å². The molecule has 0 spiro atoms. The first kappa shape index (κ1) is 19.0. The Balaban J connectivity index is 1.39. The molecule has 0 aliphatic carbocycles. The maximum atomic E-state index is 12.3. The third-order valence-corrected chi connectivity index (χ3v) is 4.32. The van der Waals surface area contributed by atoms with Gasteiger partial charge in [0.05, 0.1) is 12.8 Å². The standard InChI is InChI=1S/C22H18N4O4/c1-29-21-25-26(22(28)30-21)19-13-11-18(12-14-19)24-20(27)23-17-9-7-16(8-10-17)15-5-3-2-4-6-15/h2-14H,1H3,(H2,23,24,27). The summed E-state index contributed by atoms with van der Waals surface area (Å²) in [7, 11) is 1.36. The zero-order valence-corrected chi connectivity index (χ0v) is 16.0. The van der Waals surface area contributed by atoms with Crippen LogP contribution >= 0.6 is 0 Å². The molecule has 0 aliphatic rings. The molecule has 2 N–H and O–H groups in total. The summed E-state index contributed by atoms with van der Waals surface area (Å²) in [6.07, 6.45) is -0.125. The van der Waals surface area contributed by atoms with E-state index in [-0.39, 0.29) is 12.1 Å². The summed E-state index contributed by atoms with van der Waals surface area (Å²) >= 11 is 0. The second-order valence-electron chi connectivity index (χ2n) is 6.32. The van der Waals surface area contributed by atoms with Crippen LogP contribution in [0.25, 0.3) is 16.8 Å². The lowest BCUT2D eigenvalue weighted by Gasteiger charge is -2.09. The van der Waals surface area contributed by atoms with Crippen molar-refractivity contribution >= 4 is 17.4 Å². The molecule has 150 valence electrons. The van der Waals surface area contributed by atoms with E-state index in [0.717, 1.165) is 15.8 Å². The molecule has 3 aromatic carbocycles. The smallest absolute Gasteiger partial charge is 0.444 e. The Morgan fingerprint density at radius 2 is 1.43 bits per heavy atom. The first-order valence-corrected chi connectivity index (χ1v) is 9.10. The van der Waals surface area contributed by atoms with E-state index >= 15 is 0 Å². The zero-order valence-electron chi connectivity index (χ0n) is 16.0. The first-order chi connectivity index (χ1) is 14.6. The highest BCUT2D eigenvalue weighted by atomic mass is 16.6. The van der Waals surface area contributed by atoms with Gasteiger partial charge < -0.3 is 19.8 Å². The third-order valence-electron chi connectivity index (χ3n) is 4.32. The molecule has 0 saturated carbocycles. The Kier molecular flexibility index (Phi) is 5.29. The van der Waals surface area contributed by atoms with Gasteiger partial charge in [-0.2, -0.15) is 4.68 Å². The molecule has 4 rings (SSSR count). The molecule has 4 aromatic rings. The van der Waals surface area contributed by atoms with E-state index in [1.54, 1.807) is 24.3 Å². The number of nitrogens with zero attached hydrogens (tertiary/aromatic N) is 2. The highest BCUT2D eigenvalue weighted by Crippen LogP contribution is 2.21. The maximum absolute atomic E-state index is 12.3. The van der Waals surface area contributed by atoms with E-state index in [1.807, 2.05) is 54.6 Å². The van der Waals surface area contributed by atoms with Gasteiger partial charge in [0.2, 0.25) is 0 Å². The normalized spacial score (nSPS) is 10.4. The predicted molar refractivity (Wildman–Crippen MR) is 113 cm³/mol. The van der Waals surface area contributed by atoms with Gasteiger partial charge in [0, 0.05) is 11.4 Å². The average Bonchev–Trinajstić information content (AvgIpc) is 3.16. The number of rotatable bonds is 5. The van der Waals surface area contributed by atoms with E-state index in [4.69, 9.17) is 9.15 Å². The summed E-state index contributed by atoms with van der Waals surface area (Å²) in [4.78, 5) is 24.0. The lowest BCUT2D eigenvalue weighted by Crippen LogP contribution is -2.19. The van der Waals surface area contributed by atoms with E-state index in [0.29, 0.717) is 17.1 Å². The number of nitrogens with one attached hydrogen (secondary N) is 2. The Hall–Kier alpha value is -4.33. The van der Waals surface area contributed by atoms with Gasteiger partial charge in [-0.05, 0) is 47.5 Å². The van der Waals surface area contributed by atoms with Crippen molar-refractivity contribution in [2.75, 3.05) is 17.7 Å². The van der Waals surface area contributed by atoms with Gasteiger partial charge in [0.1, 0.15) is 0 Å². The van der Waals surface area contributed by atoms with Crippen molar-refractivity contribution in [2.24, 2.45) is 0 Å². The molecule has 8 heteroatoms. The van der Waals surface area contributed by atoms with Crippen molar-refractivity contribution in [3.63, 3.8) is 0 Å². The number of carbonyl (C=O) groups excluding carboxylic acids is 1. The lowest BCUT2D eigenvalue weighted by molar-refractivity contribution is 0.262. The van der Waals surface area contributed by atoms with Crippen molar-refractivity contribution in [1.82, 2.24) is 9.78 Å². The van der Waals surface area contributed by atoms with Gasteiger partial charge >= 0.3 is 17.9 Å². The largest absolute Gasteiger partial charge is 0.452 e. The summed E-state index contributed by atoms with van der Waals surface area (Å²) in [5.41, 5.74) is 3.88.